The molecular weight excluding hydrogens is 372 g/mol. The van der Waals surface area contributed by atoms with Gasteiger partial charge in [-0.25, -0.2) is 4.79 Å². The Morgan fingerprint density at radius 1 is 1.04 bits per heavy atom. The first-order valence-electron chi connectivity index (χ1n) is 8.41. The Morgan fingerprint density at radius 2 is 1.67 bits per heavy atom. The fourth-order valence-corrected chi connectivity index (χ4v) is 2.91. The van der Waals surface area contributed by atoms with Crippen LogP contribution in [0.1, 0.15) is 13.8 Å². The quantitative estimate of drug-likeness (QED) is 0.212. The standard InChI is InChI=1S/C15H26O12/c1-5(2)24-13(23)11-9(20)8(19)10(21)14(25-11)27-15(4-17)12(22)7(18)6(3-16)26-15/h5-12,14,16-22H,3-4H2,1-2H3/t6-,7?,8?,9+,10?,11?,12?,14-,15+/m1/s1. The van der Waals surface area contributed by atoms with Crippen molar-refractivity contribution in [1.29, 1.82) is 0 Å². The SMILES string of the molecule is CC(C)OC(=O)C1O[C@H](O[C@]2(CO)O[C@H](CO)C(O)C2O)C(O)C(O)[C@@H]1O. The highest BCUT2D eigenvalue weighted by Crippen LogP contribution is 2.36. The first kappa shape index (κ1) is 22.4. The van der Waals surface area contributed by atoms with Crippen LogP contribution in [-0.2, 0) is 23.7 Å². The molecule has 27 heavy (non-hydrogen) atoms. The van der Waals surface area contributed by atoms with Gasteiger partial charge >= 0.3 is 5.97 Å². The molecule has 0 aromatic heterocycles. The lowest BCUT2D eigenvalue weighted by Crippen LogP contribution is -2.63. The molecule has 0 saturated carbocycles. The molecule has 2 heterocycles. The van der Waals surface area contributed by atoms with Crippen LogP contribution in [0.25, 0.3) is 0 Å². The lowest BCUT2D eigenvalue weighted by atomic mass is 9.98. The fourth-order valence-electron chi connectivity index (χ4n) is 2.91. The highest BCUT2D eigenvalue weighted by molar-refractivity contribution is 5.76. The molecule has 5 unspecified atom stereocenters. The van der Waals surface area contributed by atoms with Gasteiger partial charge in [-0.05, 0) is 13.8 Å². The van der Waals surface area contributed by atoms with Gasteiger partial charge in [-0.2, -0.15) is 0 Å². The van der Waals surface area contributed by atoms with Crippen LogP contribution in [0.4, 0.5) is 0 Å². The summed E-state index contributed by atoms with van der Waals surface area (Å²) in [6.07, 6.45) is -14.5. The normalized spacial score (nSPS) is 45.3. The number of ether oxygens (including phenoxy) is 4. The zero-order valence-corrected chi connectivity index (χ0v) is 14.8. The number of aliphatic hydroxyl groups excluding tert-OH is 7. The summed E-state index contributed by atoms with van der Waals surface area (Å²) < 4.78 is 20.5. The molecule has 158 valence electrons. The smallest absolute Gasteiger partial charge is 0.338 e. The molecule has 0 spiro atoms. The van der Waals surface area contributed by atoms with Gasteiger partial charge in [-0.1, -0.05) is 0 Å². The van der Waals surface area contributed by atoms with Crippen molar-refractivity contribution in [2.45, 2.75) is 74.8 Å². The summed E-state index contributed by atoms with van der Waals surface area (Å²) in [7, 11) is 0. The first-order valence-corrected chi connectivity index (χ1v) is 8.41. The van der Waals surface area contributed by atoms with Crippen LogP contribution in [0.3, 0.4) is 0 Å². The van der Waals surface area contributed by atoms with Crippen molar-refractivity contribution >= 4 is 5.97 Å². The van der Waals surface area contributed by atoms with E-state index in [1.54, 1.807) is 13.8 Å². The summed E-state index contributed by atoms with van der Waals surface area (Å²) in [6.45, 7) is 1.37. The molecule has 0 bridgehead atoms. The highest BCUT2D eigenvalue weighted by Gasteiger charge is 2.59. The maximum absolute atomic E-state index is 12.1. The van der Waals surface area contributed by atoms with Gasteiger partial charge in [0.2, 0.25) is 5.79 Å². The van der Waals surface area contributed by atoms with Gasteiger partial charge in [0.1, 0.15) is 43.2 Å². The van der Waals surface area contributed by atoms with Crippen LogP contribution < -0.4 is 0 Å². The van der Waals surface area contributed by atoms with Gasteiger partial charge in [0, 0.05) is 0 Å². The lowest BCUT2D eigenvalue weighted by molar-refractivity contribution is -0.379. The van der Waals surface area contributed by atoms with Crippen molar-refractivity contribution in [1.82, 2.24) is 0 Å². The number of aliphatic hydroxyl groups is 7. The van der Waals surface area contributed by atoms with E-state index in [0.717, 1.165) is 0 Å². The maximum Gasteiger partial charge on any atom is 0.338 e. The maximum atomic E-state index is 12.1. The van der Waals surface area contributed by atoms with Crippen molar-refractivity contribution in [2.75, 3.05) is 13.2 Å². The molecule has 0 aliphatic carbocycles. The zero-order valence-electron chi connectivity index (χ0n) is 14.8. The molecule has 0 radical (unpaired) electrons. The summed E-state index contributed by atoms with van der Waals surface area (Å²) in [5, 5.41) is 68.8. The van der Waals surface area contributed by atoms with Gasteiger partial charge in [0.15, 0.2) is 12.4 Å². The third-order valence-electron chi connectivity index (χ3n) is 4.38. The Bertz CT molecular complexity index is 515. The Hall–Kier alpha value is -0.930. The number of rotatable bonds is 6. The summed E-state index contributed by atoms with van der Waals surface area (Å²) in [5.74, 6) is -3.34. The Morgan fingerprint density at radius 3 is 2.15 bits per heavy atom. The van der Waals surface area contributed by atoms with Crippen LogP contribution in [0.2, 0.25) is 0 Å². The van der Waals surface area contributed by atoms with Crippen molar-refractivity contribution in [2.24, 2.45) is 0 Å². The molecule has 2 aliphatic rings. The number of carbonyl (C=O) groups is 1. The average molecular weight is 398 g/mol. The van der Waals surface area contributed by atoms with E-state index in [9.17, 15) is 35.4 Å². The van der Waals surface area contributed by atoms with Crippen molar-refractivity contribution < 1.29 is 59.5 Å². The molecule has 12 heteroatoms. The number of carbonyl (C=O) groups excluding carboxylic acids is 1. The molecule has 12 nitrogen and oxygen atoms in total. The summed E-state index contributed by atoms with van der Waals surface area (Å²) in [5.41, 5.74) is 0. The molecule has 9 atom stereocenters. The summed E-state index contributed by atoms with van der Waals surface area (Å²) in [4.78, 5) is 12.1. The largest absolute Gasteiger partial charge is 0.461 e. The number of esters is 1. The van der Waals surface area contributed by atoms with E-state index < -0.39 is 80.1 Å². The molecule has 0 aromatic rings. The van der Waals surface area contributed by atoms with Crippen LogP contribution in [0.15, 0.2) is 0 Å². The number of hydrogen-bond donors (Lipinski definition) is 7. The van der Waals surface area contributed by atoms with Crippen LogP contribution >= 0.6 is 0 Å². The van der Waals surface area contributed by atoms with E-state index in [2.05, 4.69) is 0 Å². The molecule has 2 fully saturated rings. The second-order valence-corrected chi connectivity index (χ2v) is 6.74. The van der Waals surface area contributed by atoms with Crippen LogP contribution in [0, 0.1) is 0 Å². The van der Waals surface area contributed by atoms with E-state index >= 15 is 0 Å². The van der Waals surface area contributed by atoms with E-state index in [1.807, 2.05) is 0 Å². The number of hydrogen-bond acceptors (Lipinski definition) is 12. The van der Waals surface area contributed by atoms with Crippen molar-refractivity contribution in [3.8, 4) is 0 Å². The summed E-state index contributed by atoms with van der Waals surface area (Å²) >= 11 is 0. The molecular formula is C15H26O12. The van der Waals surface area contributed by atoms with Gasteiger partial charge in [-0.3, -0.25) is 0 Å². The molecule has 0 amide bonds. The van der Waals surface area contributed by atoms with E-state index in [4.69, 9.17) is 24.1 Å². The van der Waals surface area contributed by atoms with Crippen molar-refractivity contribution in [3.05, 3.63) is 0 Å². The first-order chi connectivity index (χ1) is 12.6. The Labute approximate surface area is 154 Å². The van der Waals surface area contributed by atoms with E-state index in [0.29, 0.717) is 0 Å². The zero-order chi connectivity index (χ0) is 20.5. The van der Waals surface area contributed by atoms with E-state index in [-0.39, 0.29) is 0 Å². The second kappa shape index (κ2) is 8.61. The minimum absolute atomic E-state index is 0.555. The molecule has 2 aliphatic heterocycles. The lowest BCUT2D eigenvalue weighted by Gasteiger charge is -2.42. The van der Waals surface area contributed by atoms with Crippen LogP contribution in [-0.4, -0.2) is 116 Å². The van der Waals surface area contributed by atoms with Crippen molar-refractivity contribution in [3.63, 3.8) is 0 Å². The fraction of sp³-hybridized carbons (Fsp3) is 0.933. The highest BCUT2D eigenvalue weighted by atomic mass is 16.8. The minimum atomic E-state index is -2.31. The molecule has 2 saturated heterocycles. The third kappa shape index (κ3) is 4.24. The van der Waals surface area contributed by atoms with Gasteiger partial charge in [0.25, 0.3) is 0 Å². The molecule has 7 N–H and O–H groups in total. The molecule has 0 aromatic carbocycles. The average Bonchev–Trinajstić information content (AvgIpc) is 2.86. The Kier molecular flexibility index (Phi) is 7.13. The predicted octanol–water partition coefficient (Wildman–Crippen LogP) is -4.44. The third-order valence-corrected chi connectivity index (χ3v) is 4.38. The minimum Gasteiger partial charge on any atom is -0.461 e. The predicted molar refractivity (Wildman–Crippen MR) is 82.8 cm³/mol. The van der Waals surface area contributed by atoms with Gasteiger partial charge < -0.3 is 54.7 Å². The van der Waals surface area contributed by atoms with Gasteiger partial charge in [-0.15, -0.1) is 0 Å². The van der Waals surface area contributed by atoms with Crippen LogP contribution in [0.5, 0.6) is 0 Å². The molecule has 2 rings (SSSR count). The van der Waals surface area contributed by atoms with Gasteiger partial charge in [0.05, 0.1) is 12.7 Å². The Balaban J connectivity index is 2.21. The second-order valence-electron chi connectivity index (χ2n) is 6.74. The van der Waals surface area contributed by atoms with E-state index in [1.165, 1.54) is 0 Å². The summed E-state index contributed by atoms with van der Waals surface area (Å²) in [6, 6.07) is 0. The topological polar surface area (TPSA) is 196 Å². The monoisotopic (exact) mass is 398 g/mol.